The predicted octanol–water partition coefficient (Wildman–Crippen LogP) is 3.72. The zero-order valence-electron chi connectivity index (χ0n) is 12.5. The average Bonchev–Trinajstić information content (AvgIpc) is 2.48. The fourth-order valence-electron chi connectivity index (χ4n) is 2.99. The first-order chi connectivity index (χ1) is 10.0. The van der Waals surface area contributed by atoms with Crippen molar-refractivity contribution in [2.45, 2.75) is 56.4 Å². The summed E-state index contributed by atoms with van der Waals surface area (Å²) in [5.41, 5.74) is 1.06. The molecule has 0 spiro atoms. The molecular weight excluding hydrogens is 306 g/mol. The molecule has 0 unspecified atom stereocenters. The van der Waals surface area contributed by atoms with Gasteiger partial charge in [0, 0.05) is 11.9 Å². The molecule has 1 aliphatic carbocycles. The molecule has 3 nitrogen and oxygen atoms in total. The monoisotopic (exact) mass is 329 g/mol. The molecule has 0 amide bonds. The van der Waals surface area contributed by atoms with Crippen molar-refractivity contribution in [2.24, 2.45) is 5.92 Å². The van der Waals surface area contributed by atoms with Crippen LogP contribution in [-0.4, -0.2) is 20.3 Å². The van der Waals surface area contributed by atoms with Crippen LogP contribution in [0.4, 0.5) is 0 Å². The number of rotatable bonds is 6. The minimum Gasteiger partial charge on any atom is -0.208 e. The molecule has 0 radical (unpaired) electrons. The van der Waals surface area contributed by atoms with E-state index in [0.29, 0.717) is 16.7 Å². The van der Waals surface area contributed by atoms with Crippen molar-refractivity contribution in [1.29, 1.82) is 0 Å². The number of nitrogens with one attached hydrogen (secondary N) is 1. The molecule has 1 fully saturated rings. The quantitative estimate of drug-likeness (QED) is 0.808. The third-order valence-electron chi connectivity index (χ3n) is 4.31. The fourth-order valence-corrected chi connectivity index (χ4v) is 4.52. The molecule has 1 saturated carbocycles. The summed E-state index contributed by atoms with van der Waals surface area (Å²) in [6.45, 7) is 1.98. The third kappa shape index (κ3) is 4.70. The molecule has 0 bridgehead atoms. The molecule has 1 aromatic rings. The van der Waals surface area contributed by atoms with Gasteiger partial charge in [0.15, 0.2) is 0 Å². The topological polar surface area (TPSA) is 46.2 Å². The smallest absolute Gasteiger partial charge is 0.208 e. The SMILES string of the molecule is C[C@H](NS(=O)(=O)c1ccc(CCCl)cc1)C1CCCCC1. The minimum atomic E-state index is -3.42. The number of aryl methyl sites for hydroxylation is 1. The van der Waals surface area contributed by atoms with Gasteiger partial charge in [0.2, 0.25) is 10.0 Å². The number of hydrogen-bond donors (Lipinski definition) is 1. The van der Waals surface area contributed by atoms with Crippen LogP contribution in [0.15, 0.2) is 29.2 Å². The van der Waals surface area contributed by atoms with E-state index < -0.39 is 10.0 Å². The van der Waals surface area contributed by atoms with E-state index >= 15 is 0 Å². The maximum atomic E-state index is 12.4. The lowest BCUT2D eigenvalue weighted by atomic mass is 9.85. The van der Waals surface area contributed by atoms with Crippen LogP contribution in [0.2, 0.25) is 0 Å². The van der Waals surface area contributed by atoms with Crippen molar-refractivity contribution in [3.8, 4) is 0 Å². The Kier molecular flexibility index (Phi) is 6.08. The second kappa shape index (κ2) is 7.61. The van der Waals surface area contributed by atoms with Crippen LogP contribution in [0.3, 0.4) is 0 Å². The van der Waals surface area contributed by atoms with Gasteiger partial charge in [-0.3, -0.25) is 0 Å². The van der Waals surface area contributed by atoms with Gasteiger partial charge in [-0.15, -0.1) is 11.6 Å². The number of alkyl halides is 1. The van der Waals surface area contributed by atoms with Crippen LogP contribution < -0.4 is 4.72 Å². The minimum absolute atomic E-state index is 0.00202. The second-order valence-corrected chi connectivity index (χ2v) is 7.98. The highest BCUT2D eigenvalue weighted by Crippen LogP contribution is 2.27. The number of sulfonamides is 1. The van der Waals surface area contributed by atoms with E-state index in [0.717, 1.165) is 24.8 Å². The van der Waals surface area contributed by atoms with Gasteiger partial charge in [-0.1, -0.05) is 31.4 Å². The fraction of sp³-hybridized carbons (Fsp3) is 0.625. The van der Waals surface area contributed by atoms with Gasteiger partial charge in [0.05, 0.1) is 4.90 Å². The highest BCUT2D eigenvalue weighted by atomic mass is 35.5. The lowest BCUT2D eigenvalue weighted by Gasteiger charge is -2.28. The summed E-state index contributed by atoms with van der Waals surface area (Å²) in [4.78, 5) is 0.337. The Balaban J connectivity index is 2.03. The zero-order chi connectivity index (χ0) is 15.3. The summed E-state index contributed by atoms with van der Waals surface area (Å²) < 4.78 is 27.7. The van der Waals surface area contributed by atoms with E-state index in [9.17, 15) is 8.42 Å². The highest BCUT2D eigenvalue weighted by molar-refractivity contribution is 7.89. The third-order valence-corrected chi connectivity index (χ3v) is 6.08. The van der Waals surface area contributed by atoms with E-state index in [-0.39, 0.29) is 6.04 Å². The maximum Gasteiger partial charge on any atom is 0.240 e. The lowest BCUT2D eigenvalue weighted by Crippen LogP contribution is -2.38. The van der Waals surface area contributed by atoms with Gasteiger partial charge in [0.25, 0.3) is 0 Å². The molecule has 2 rings (SSSR count). The Labute approximate surface area is 133 Å². The molecule has 1 N–H and O–H groups in total. The standard InChI is InChI=1S/C16H24ClNO2S/c1-13(15-5-3-2-4-6-15)18-21(19,20)16-9-7-14(8-10-16)11-12-17/h7-10,13,15,18H,2-6,11-12H2,1H3/t13-/m0/s1. The molecule has 5 heteroatoms. The summed E-state index contributed by atoms with van der Waals surface area (Å²) >= 11 is 5.69. The molecule has 0 aromatic heterocycles. The van der Waals surface area contributed by atoms with Gasteiger partial charge < -0.3 is 0 Å². The first-order valence-corrected chi connectivity index (χ1v) is 9.72. The van der Waals surface area contributed by atoms with Crippen molar-refractivity contribution in [3.05, 3.63) is 29.8 Å². The zero-order valence-corrected chi connectivity index (χ0v) is 14.1. The maximum absolute atomic E-state index is 12.4. The molecular formula is C16H24ClNO2S. The summed E-state index contributed by atoms with van der Waals surface area (Å²) in [5, 5.41) is 0. The lowest BCUT2D eigenvalue weighted by molar-refractivity contribution is 0.303. The Morgan fingerprint density at radius 1 is 1.19 bits per heavy atom. The Morgan fingerprint density at radius 3 is 2.38 bits per heavy atom. The van der Waals surface area contributed by atoms with Crippen molar-refractivity contribution in [3.63, 3.8) is 0 Å². The summed E-state index contributed by atoms with van der Waals surface area (Å²) in [6.07, 6.45) is 6.70. The molecule has 1 aromatic carbocycles. The van der Waals surface area contributed by atoms with Gasteiger partial charge >= 0.3 is 0 Å². The van der Waals surface area contributed by atoms with E-state index in [4.69, 9.17) is 11.6 Å². The summed E-state index contributed by atoms with van der Waals surface area (Å²) in [5.74, 6) is 1.01. The number of halogens is 1. The van der Waals surface area contributed by atoms with Crippen molar-refractivity contribution in [1.82, 2.24) is 4.72 Å². The van der Waals surface area contributed by atoms with Crippen LogP contribution in [-0.2, 0) is 16.4 Å². The number of hydrogen-bond acceptors (Lipinski definition) is 2. The van der Waals surface area contributed by atoms with Crippen LogP contribution in [0.5, 0.6) is 0 Å². The van der Waals surface area contributed by atoms with E-state index in [1.54, 1.807) is 12.1 Å². The molecule has 0 aliphatic heterocycles. The van der Waals surface area contributed by atoms with E-state index in [1.165, 1.54) is 19.3 Å². The van der Waals surface area contributed by atoms with Gasteiger partial charge in [-0.25, -0.2) is 13.1 Å². The van der Waals surface area contributed by atoms with Gasteiger partial charge in [-0.05, 0) is 49.8 Å². The van der Waals surface area contributed by atoms with Crippen LogP contribution in [0, 0.1) is 5.92 Å². The molecule has 0 heterocycles. The van der Waals surface area contributed by atoms with Crippen LogP contribution >= 0.6 is 11.6 Å². The summed E-state index contributed by atoms with van der Waals surface area (Å²) in [7, 11) is -3.42. The van der Waals surface area contributed by atoms with Crippen LogP contribution in [0.25, 0.3) is 0 Å². The summed E-state index contributed by atoms with van der Waals surface area (Å²) in [6, 6.07) is 7.00. The van der Waals surface area contributed by atoms with Crippen LogP contribution in [0.1, 0.15) is 44.6 Å². The molecule has 1 aliphatic rings. The molecule has 118 valence electrons. The van der Waals surface area contributed by atoms with Crippen molar-refractivity contribution >= 4 is 21.6 Å². The molecule has 1 atom stereocenters. The van der Waals surface area contributed by atoms with E-state index in [2.05, 4.69) is 4.72 Å². The van der Waals surface area contributed by atoms with E-state index in [1.807, 2.05) is 19.1 Å². The second-order valence-electron chi connectivity index (χ2n) is 5.89. The Bertz CT molecular complexity index is 536. The number of benzene rings is 1. The first kappa shape index (κ1) is 16.8. The highest BCUT2D eigenvalue weighted by Gasteiger charge is 2.25. The first-order valence-electron chi connectivity index (χ1n) is 7.70. The van der Waals surface area contributed by atoms with Gasteiger partial charge in [0.1, 0.15) is 0 Å². The molecule has 21 heavy (non-hydrogen) atoms. The normalized spacial score (nSPS) is 18.6. The largest absolute Gasteiger partial charge is 0.240 e. The predicted molar refractivity (Wildman–Crippen MR) is 87.2 cm³/mol. The van der Waals surface area contributed by atoms with Crippen molar-refractivity contribution in [2.75, 3.05) is 5.88 Å². The Hall–Kier alpha value is -0.580. The van der Waals surface area contributed by atoms with Gasteiger partial charge in [-0.2, -0.15) is 0 Å². The Morgan fingerprint density at radius 2 is 1.81 bits per heavy atom. The van der Waals surface area contributed by atoms with Crippen molar-refractivity contribution < 1.29 is 8.42 Å². The average molecular weight is 330 g/mol. The molecule has 0 saturated heterocycles.